The van der Waals surface area contributed by atoms with Gasteiger partial charge in [-0.25, -0.2) is 9.97 Å². The Hall–Kier alpha value is -1.38. The molecule has 0 atom stereocenters. The van der Waals surface area contributed by atoms with Gasteiger partial charge < -0.3 is 5.73 Å². The quantitative estimate of drug-likeness (QED) is 0.596. The van der Waals surface area contributed by atoms with Crippen molar-refractivity contribution in [3.05, 3.63) is 31.1 Å². The third-order valence-electron chi connectivity index (χ3n) is 1.85. The normalized spacial score (nSPS) is 8.87. The van der Waals surface area contributed by atoms with Crippen LogP contribution < -0.4 is 5.73 Å². The minimum atomic E-state index is 0.322. The predicted octanol–water partition coefficient (Wildman–Crippen LogP) is 3.20. The molecule has 2 N–H and O–H groups in total. The molecule has 0 bridgehead atoms. The van der Waals surface area contributed by atoms with Gasteiger partial charge in [-0.3, -0.25) is 0 Å². The lowest BCUT2D eigenvalue weighted by Gasteiger charge is -1.91. The lowest BCUT2D eigenvalue weighted by molar-refractivity contribution is 0.675. The molecule has 0 radical (unpaired) electrons. The van der Waals surface area contributed by atoms with E-state index in [2.05, 4.69) is 23.5 Å². The molecular weight excluding hydrogens is 186 g/mol. The van der Waals surface area contributed by atoms with Crippen LogP contribution in [0, 0.1) is 0 Å². The van der Waals surface area contributed by atoms with Gasteiger partial charge in [-0.05, 0) is 18.9 Å². The summed E-state index contributed by atoms with van der Waals surface area (Å²) in [5.41, 5.74) is 5.14. The smallest absolute Gasteiger partial charge is 0.219 e. The number of rotatable bonds is 5. The molecule has 0 aliphatic heterocycles. The van der Waals surface area contributed by atoms with E-state index in [1.54, 1.807) is 18.5 Å². The van der Waals surface area contributed by atoms with Crippen LogP contribution in [0.1, 0.15) is 39.0 Å². The number of allylic oxidation sites excluding steroid dienone is 1. The van der Waals surface area contributed by atoms with Crippen LogP contribution in [0.15, 0.2) is 31.1 Å². The second-order valence-corrected chi connectivity index (χ2v) is 3.25. The number of aromatic nitrogens is 2. The Balaban J connectivity index is 0.000000262. The molecule has 0 unspecified atom stereocenters. The maximum absolute atomic E-state index is 5.14. The summed E-state index contributed by atoms with van der Waals surface area (Å²) in [7, 11) is 0. The Morgan fingerprint density at radius 1 is 1.27 bits per heavy atom. The first-order valence-electron chi connectivity index (χ1n) is 5.44. The largest absolute Gasteiger partial charge is 0.368 e. The van der Waals surface area contributed by atoms with E-state index < -0.39 is 0 Å². The van der Waals surface area contributed by atoms with Crippen molar-refractivity contribution in [2.45, 2.75) is 39.0 Å². The van der Waals surface area contributed by atoms with Crippen LogP contribution in [0.3, 0.4) is 0 Å². The standard InChI is InChI=1S/C8H16.C4H5N3/c1-3-5-7-8-6-4-2;5-4-6-2-1-3-7-4/h3H,1,4-8H2,2H3;1-3H,(H2,5,6,7). The van der Waals surface area contributed by atoms with Crippen molar-refractivity contribution < 1.29 is 0 Å². The first-order chi connectivity index (χ1) is 7.31. The number of hydrogen-bond donors (Lipinski definition) is 1. The van der Waals surface area contributed by atoms with Crippen LogP contribution >= 0.6 is 0 Å². The van der Waals surface area contributed by atoms with Crippen molar-refractivity contribution in [3.8, 4) is 0 Å². The number of anilines is 1. The number of unbranched alkanes of at least 4 members (excludes halogenated alkanes) is 4. The first-order valence-corrected chi connectivity index (χ1v) is 5.44. The second kappa shape index (κ2) is 10.7. The number of hydrogen-bond acceptors (Lipinski definition) is 3. The van der Waals surface area contributed by atoms with Crippen LogP contribution in [0.4, 0.5) is 5.95 Å². The summed E-state index contributed by atoms with van der Waals surface area (Å²) in [5, 5.41) is 0. The number of nitrogens with two attached hydrogens (primary N) is 1. The van der Waals surface area contributed by atoms with Crippen molar-refractivity contribution in [2.24, 2.45) is 0 Å². The van der Waals surface area contributed by atoms with Crippen LogP contribution in [-0.2, 0) is 0 Å². The molecule has 1 aromatic heterocycles. The van der Waals surface area contributed by atoms with Gasteiger partial charge in [-0.1, -0.05) is 32.3 Å². The van der Waals surface area contributed by atoms with E-state index >= 15 is 0 Å². The van der Waals surface area contributed by atoms with E-state index in [0.717, 1.165) is 0 Å². The lowest BCUT2D eigenvalue weighted by Crippen LogP contribution is -1.90. The van der Waals surface area contributed by atoms with Crippen molar-refractivity contribution in [1.29, 1.82) is 0 Å². The molecule has 0 amide bonds. The molecule has 84 valence electrons. The van der Waals surface area contributed by atoms with Gasteiger partial charge in [-0.2, -0.15) is 0 Å². The SMILES string of the molecule is C=CCCCCCC.Nc1ncccn1. The molecule has 0 aliphatic rings. The Morgan fingerprint density at radius 3 is 2.33 bits per heavy atom. The molecular formula is C12H21N3. The Bertz CT molecular complexity index is 234. The van der Waals surface area contributed by atoms with Crippen molar-refractivity contribution >= 4 is 5.95 Å². The average molecular weight is 207 g/mol. The summed E-state index contributed by atoms with van der Waals surface area (Å²) < 4.78 is 0. The van der Waals surface area contributed by atoms with Crippen molar-refractivity contribution in [3.63, 3.8) is 0 Å². The fourth-order valence-electron chi connectivity index (χ4n) is 1.03. The highest BCUT2D eigenvalue weighted by Crippen LogP contribution is 2.01. The lowest BCUT2D eigenvalue weighted by atomic mass is 10.2. The molecule has 0 saturated carbocycles. The summed E-state index contributed by atoms with van der Waals surface area (Å²) in [6.07, 6.45) is 11.8. The van der Waals surface area contributed by atoms with Crippen LogP contribution in [0.5, 0.6) is 0 Å². The van der Waals surface area contributed by atoms with Crippen LogP contribution in [0.25, 0.3) is 0 Å². The van der Waals surface area contributed by atoms with Gasteiger partial charge in [0.25, 0.3) is 0 Å². The van der Waals surface area contributed by atoms with Gasteiger partial charge in [0.15, 0.2) is 0 Å². The van der Waals surface area contributed by atoms with E-state index in [-0.39, 0.29) is 0 Å². The average Bonchev–Trinajstić information content (AvgIpc) is 2.27. The van der Waals surface area contributed by atoms with Crippen LogP contribution in [-0.4, -0.2) is 9.97 Å². The zero-order valence-electron chi connectivity index (χ0n) is 9.52. The van der Waals surface area contributed by atoms with Gasteiger partial charge in [0.1, 0.15) is 0 Å². The fourth-order valence-corrected chi connectivity index (χ4v) is 1.03. The Kier molecular flexibility index (Phi) is 9.71. The molecule has 0 aliphatic carbocycles. The molecule has 1 heterocycles. The van der Waals surface area contributed by atoms with Gasteiger partial charge >= 0.3 is 0 Å². The van der Waals surface area contributed by atoms with Gasteiger partial charge in [0, 0.05) is 12.4 Å². The highest BCUT2D eigenvalue weighted by molar-refractivity contribution is 5.11. The van der Waals surface area contributed by atoms with Crippen molar-refractivity contribution in [1.82, 2.24) is 9.97 Å². The Labute approximate surface area is 92.4 Å². The third kappa shape index (κ3) is 10.5. The van der Waals surface area contributed by atoms with Crippen molar-refractivity contribution in [2.75, 3.05) is 5.73 Å². The topological polar surface area (TPSA) is 51.8 Å². The summed E-state index contributed by atoms with van der Waals surface area (Å²) in [6, 6.07) is 1.72. The Morgan fingerprint density at radius 2 is 1.93 bits per heavy atom. The van der Waals surface area contributed by atoms with E-state index in [1.807, 2.05) is 6.08 Å². The van der Waals surface area contributed by atoms with Gasteiger partial charge in [0.05, 0.1) is 0 Å². The van der Waals surface area contributed by atoms with Gasteiger partial charge in [-0.15, -0.1) is 6.58 Å². The highest BCUT2D eigenvalue weighted by atomic mass is 15.0. The van der Waals surface area contributed by atoms with E-state index in [0.29, 0.717) is 5.95 Å². The van der Waals surface area contributed by atoms with Crippen LogP contribution in [0.2, 0.25) is 0 Å². The highest BCUT2D eigenvalue weighted by Gasteiger charge is 1.81. The molecule has 0 aromatic carbocycles. The summed E-state index contributed by atoms with van der Waals surface area (Å²) >= 11 is 0. The first kappa shape index (κ1) is 13.6. The van der Waals surface area contributed by atoms with E-state index in [1.165, 1.54) is 32.1 Å². The zero-order valence-corrected chi connectivity index (χ0v) is 9.52. The molecule has 0 saturated heterocycles. The molecule has 1 aromatic rings. The van der Waals surface area contributed by atoms with Gasteiger partial charge in [0.2, 0.25) is 5.95 Å². The molecule has 15 heavy (non-hydrogen) atoms. The maximum Gasteiger partial charge on any atom is 0.219 e. The molecule has 3 heteroatoms. The predicted molar refractivity (Wildman–Crippen MR) is 65.4 cm³/mol. The monoisotopic (exact) mass is 207 g/mol. The minimum absolute atomic E-state index is 0.322. The fraction of sp³-hybridized carbons (Fsp3) is 0.500. The molecule has 1 rings (SSSR count). The third-order valence-corrected chi connectivity index (χ3v) is 1.85. The molecule has 0 fully saturated rings. The summed E-state index contributed by atoms with van der Waals surface area (Å²) in [6.45, 7) is 5.89. The number of nitrogens with zero attached hydrogens (tertiary/aromatic N) is 2. The summed E-state index contributed by atoms with van der Waals surface area (Å²) in [5.74, 6) is 0.322. The minimum Gasteiger partial charge on any atom is -0.368 e. The summed E-state index contributed by atoms with van der Waals surface area (Å²) in [4.78, 5) is 7.29. The molecule has 3 nitrogen and oxygen atoms in total. The van der Waals surface area contributed by atoms with E-state index in [4.69, 9.17) is 5.73 Å². The molecule has 0 spiro atoms. The maximum atomic E-state index is 5.14. The number of nitrogen functional groups attached to an aromatic ring is 1. The van der Waals surface area contributed by atoms with E-state index in [9.17, 15) is 0 Å². The zero-order chi connectivity index (χ0) is 11.4. The second-order valence-electron chi connectivity index (χ2n) is 3.25.